The van der Waals surface area contributed by atoms with Gasteiger partial charge < -0.3 is 20.7 Å². The predicted molar refractivity (Wildman–Crippen MR) is 101 cm³/mol. The molecular weight excluding hydrogens is 346 g/mol. The molecule has 8 nitrogen and oxygen atoms in total. The Kier molecular flexibility index (Phi) is 4.98. The van der Waals surface area contributed by atoms with Crippen LogP contribution in [0.5, 0.6) is 0 Å². The Morgan fingerprint density at radius 3 is 2.74 bits per heavy atom. The predicted octanol–water partition coefficient (Wildman–Crippen LogP) is 2.51. The number of nitrogen functional groups attached to an aromatic ring is 1. The van der Waals surface area contributed by atoms with Gasteiger partial charge in [0, 0.05) is 16.9 Å². The van der Waals surface area contributed by atoms with Crippen molar-refractivity contribution in [3.8, 4) is 0 Å². The van der Waals surface area contributed by atoms with E-state index in [1.165, 1.54) is 6.07 Å². The average Bonchev–Trinajstić information content (AvgIpc) is 3.21. The first kappa shape index (κ1) is 18.2. The summed E-state index contributed by atoms with van der Waals surface area (Å²) in [7, 11) is 0. The first-order valence-corrected chi connectivity index (χ1v) is 8.35. The van der Waals surface area contributed by atoms with E-state index in [2.05, 4.69) is 10.3 Å². The molecule has 0 aliphatic heterocycles. The Morgan fingerprint density at radius 2 is 2.04 bits per heavy atom. The number of hydrogen-bond donors (Lipinski definition) is 2. The molecule has 0 saturated heterocycles. The van der Waals surface area contributed by atoms with Crippen molar-refractivity contribution in [3.63, 3.8) is 0 Å². The largest absolute Gasteiger partial charge is 0.452 e. The van der Waals surface area contributed by atoms with Gasteiger partial charge in [-0.25, -0.2) is 4.79 Å². The fourth-order valence-corrected chi connectivity index (χ4v) is 2.67. The number of amidine groups is 1. The lowest BCUT2D eigenvalue weighted by Gasteiger charge is -2.06. The summed E-state index contributed by atoms with van der Waals surface area (Å²) in [6.45, 7) is 6.10. The van der Waals surface area contributed by atoms with Crippen LogP contribution in [0, 0.1) is 20.8 Å². The first-order valence-electron chi connectivity index (χ1n) is 8.35. The second kappa shape index (κ2) is 7.36. The zero-order chi connectivity index (χ0) is 19.6. The highest BCUT2D eigenvalue weighted by molar-refractivity contribution is 6.00. The molecule has 8 heteroatoms. The van der Waals surface area contributed by atoms with Crippen LogP contribution in [0.3, 0.4) is 0 Å². The van der Waals surface area contributed by atoms with E-state index in [1.807, 2.05) is 26.8 Å². The summed E-state index contributed by atoms with van der Waals surface area (Å²) in [4.78, 5) is 17.0. The monoisotopic (exact) mass is 367 g/mol. The van der Waals surface area contributed by atoms with Crippen molar-refractivity contribution in [2.45, 2.75) is 27.3 Å². The minimum Gasteiger partial charge on any atom is -0.452 e. The van der Waals surface area contributed by atoms with E-state index in [1.54, 1.807) is 28.9 Å². The maximum absolute atomic E-state index is 12.1. The van der Waals surface area contributed by atoms with Crippen molar-refractivity contribution >= 4 is 17.5 Å². The molecule has 0 aliphatic carbocycles. The molecule has 0 atom stereocenters. The highest BCUT2D eigenvalue weighted by Gasteiger charge is 2.15. The summed E-state index contributed by atoms with van der Waals surface area (Å²) < 4.78 is 7.32. The van der Waals surface area contributed by atoms with Gasteiger partial charge in [-0.05, 0) is 50.6 Å². The topological polar surface area (TPSA) is 122 Å². The third kappa shape index (κ3) is 4.00. The standard InChI is InChI=1S/C19H21N5O3/c1-11-9-12(2)24(22-11)10-14-7-8-17(26-14)19(25)27-23-18(21)15-5-4-6-16(20)13(15)3/h4-9H,10,20H2,1-3H3,(H2,21,23). The van der Waals surface area contributed by atoms with Crippen LogP contribution in [-0.2, 0) is 11.4 Å². The molecule has 0 aliphatic rings. The SMILES string of the molecule is Cc1cc(C)n(Cc2ccc(C(=O)O/N=C(\N)c3cccc(N)c3C)o2)n1. The molecule has 2 aromatic heterocycles. The van der Waals surface area contributed by atoms with Gasteiger partial charge in [0.1, 0.15) is 5.76 Å². The van der Waals surface area contributed by atoms with E-state index >= 15 is 0 Å². The number of nitrogens with zero attached hydrogens (tertiary/aromatic N) is 3. The van der Waals surface area contributed by atoms with Gasteiger partial charge in [0.15, 0.2) is 5.84 Å². The molecular formula is C19H21N5O3. The molecule has 27 heavy (non-hydrogen) atoms. The van der Waals surface area contributed by atoms with Crippen LogP contribution in [0.2, 0.25) is 0 Å². The maximum atomic E-state index is 12.1. The average molecular weight is 367 g/mol. The molecule has 0 fully saturated rings. The third-order valence-electron chi connectivity index (χ3n) is 4.15. The number of oxime groups is 1. The fourth-order valence-electron chi connectivity index (χ4n) is 2.67. The van der Waals surface area contributed by atoms with Gasteiger partial charge in [-0.1, -0.05) is 17.3 Å². The van der Waals surface area contributed by atoms with Gasteiger partial charge in [0.05, 0.1) is 12.2 Å². The van der Waals surface area contributed by atoms with Crippen LogP contribution in [0.4, 0.5) is 5.69 Å². The number of nitrogens with two attached hydrogens (primary N) is 2. The molecule has 4 N–H and O–H groups in total. The molecule has 0 unspecified atom stereocenters. The molecule has 1 aromatic carbocycles. The number of carbonyl (C=O) groups is 1. The summed E-state index contributed by atoms with van der Waals surface area (Å²) in [5, 5.41) is 8.06. The molecule has 2 heterocycles. The van der Waals surface area contributed by atoms with Crippen LogP contribution in [0.15, 0.2) is 46.0 Å². The lowest BCUT2D eigenvalue weighted by Crippen LogP contribution is -2.17. The Bertz CT molecular complexity index is 1020. The molecule has 0 bridgehead atoms. The van der Waals surface area contributed by atoms with Crippen molar-refractivity contribution in [1.29, 1.82) is 0 Å². The third-order valence-corrected chi connectivity index (χ3v) is 4.15. The second-order valence-electron chi connectivity index (χ2n) is 6.23. The smallest absolute Gasteiger partial charge is 0.400 e. The van der Waals surface area contributed by atoms with Crippen LogP contribution >= 0.6 is 0 Å². The normalized spacial score (nSPS) is 11.6. The minimum atomic E-state index is -0.737. The zero-order valence-corrected chi connectivity index (χ0v) is 15.4. The number of aryl methyl sites for hydroxylation is 2. The number of anilines is 1. The van der Waals surface area contributed by atoms with Gasteiger partial charge >= 0.3 is 5.97 Å². The minimum absolute atomic E-state index is 0.0346. The van der Waals surface area contributed by atoms with Crippen LogP contribution in [0.1, 0.15) is 38.8 Å². The van der Waals surface area contributed by atoms with E-state index in [-0.39, 0.29) is 11.6 Å². The van der Waals surface area contributed by atoms with Crippen molar-refractivity contribution < 1.29 is 14.0 Å². The van der Waals surface area contributed by atoms with Crippen LogP contribution in [-0.4, -0.2) is 21.6 Å². The number of furan rings is 1. The van der Waals surface area contributed by atoms with E-state index in [4.69, 9.17) is 20.7 Å². The van der Waals surface area contributed by atoms with Crippen LogP contribution in [0.25, 0.3) is 0 Å². The van der Waals surface area contributed by atoms with E-state index in [0.29, 0.717) is 23.6 Å². The second-order valence-corrected chi connectivity index (χ2v) is 6.23. The number of aromatic nitrogens is 2. The van der Waals surface area contributed by atoms with Crippen molar-refractivity contribution in [1.82, 2.24) is 9.78 Å². The van der Waals surface area contributed by atoms with Gasteiger partial charge in [-0.15, -0.1) is 0 Å². The van der Waals surface area contributed by atoms with Crippen LogP contribution < -0.4 is 11.5 Å². The lowest BCUT2D eigenvalue weighted by atomic mass is 10.1. The quantitative estimate of drug-likeness (QED) is 0.235. The zero-order valence-electron chi connectivity index (χ0n) is 15.4. The highest BCUT2D eigenvalue weighted by atomic mass is 16.7. The number of rotatable bonds is 5. The Labute approximate surface area is 156 Å². The molecule has 0 saturated carbocycles. The van der Waals surface area contributed by atoms with E-state index < -0.39 is 5.97 Å². The summed E-state index contributed by atoms with van der Waals surface area (Å²) in [6, 6.07) is 10.4. The molecule has 0 amide bonds. The molecule has 0 radical (unpaired) electrons. The fraction of sp³-hybridized carbons (Fsp3) is 0.211. The first-order chi connectivity index (χ1) is 12.8. The van der Waals surface area contributed by atoms with E-state index in [0.717, 1.165) is 17.0 Å². The lowest BCUT2D eigenvalue weighted by molar-refractivity contribution is 0.0477. The molecule has 3 aromatic rings. The van der Waals surface area contributed by atoms with Gasteiger partial charge in [-0.3, -0.25) is 4.68 Å². The summed E-state index contributed by atoms with van der Waals surface area (Å²) in [6.07, 6.45) is 0. The van der Waals surface area contributed by atoms with Crippen molar-refractivity contribution in [2.75, 3.05) is 5.73 Å². The van der Waals surface area contributed by atoms with Crippen molar-refractivity contribution in [2.24, 2.45) is 10.9 Å². The van der Waals surface area contributed by atoms with Gasteiger partial charge in [0.2, 0.25) is 5.76 Å². The number of benzene rings is 1. The number of carbonyl (C=O) groups excluding carboxylic acids is 1. The highest BCUT2D eigenvalue weighted by Crippen LogP contribution is 2.16. The summed E-state index contributed by atoms with van der Waals surface area (Å²) >= 11 is 0. The molecule has 0 spiro atoms. The molecule has 3 rings (SSSR count). The van der Waals surface area contributed by atoms with Gasteiger partial charge in [-0.2, -0.15) is 5.10 Å². The Morgan fingerprint density at radius 1 is 1.26 bits per heavy atom. The number of hydrogen-bond acceptors (Lipinski definition) is 6. The van der Waals surface area contributed by atoms with E-state index in [9.17, 15) is 4.79 Å². The summed E-state index contributed by atoms with van der Waals surface area (Å²) in [5.41, 5.74) is 15.6. The Balaban J connectivity index is 1.69. The molecule has 140 valence electrons. The Hall–Kier alpha value is -3.55. The van der Waals surface area contributed by atoms with Gasteiger partial charge in [0.25, 0.3) is 0 Å². The maximum Gasteiger partial charge on any atom is 0.400 e. The summed E-state index contributed by atoms with van der Waals surface area (Å²) in [5.74, 6) is -0.0640. The van der Waals surface area contributed by atoms with Crippen molar-refractivity contribution in [3.05, 3.63) is 70.4 Å².